The number of anilines is 11. The number of ketones is 1. The number of hydrogen-bond acceptors (Lipinski definition) is 21. The van der Waals surface area contributed by atoms with Gasteiger partial charge in [-0.2, -0.15) is 4.98 Å². The van der Waals surface area contributed by atoms with Crippen molar-refractivity contribution in [3.05, 3.63) is 479 Å². The van der Waals surface area contributed by atoms with E-state index in [1.165, 1.54) is 56.5 Å². The number of benzene rings is 11. The number of methoxy groups -OCH3 is 2. The van der Waals surface area contributed by atoms with E-state index in [-0.39, 0.29) is 72.9 Å². The first-order valence-electron chi connectivity index (χ1n) is 47.9. The Morgan fingerprint density at radius 3 is 1.05 bits per heavy atom. The van der Waals surface area contributed by atoms with Crippen LogP contribution in [-0.2, 0) is 0 Å². The van der Waals surface area contributed by atoms with Crippen LogP contribution >= 0.6 is 0 Å². The summed E-state index contributed by atoms with van der Waals surface area (Å²) in [7, 11) is 2.87. The molecule has 149 heavy (non-hydrogen) atoms. The van der Waals surface area contributed by atoms with Crippen LogP contribution in [0.15, 0.2) is 406 Å². The maximum absolute atomic E-state index is 15.5. The summed E-state index contributed by atoms with van der Waals surface area (Å²) in [5, 5.41) is 31.5. The van der Waals surface area contributed by atoms with Crippen molar-refractivity contribution in [1.82, 2.24) is 53.1 Å². The molecule has 1 saturated heterocycles. The Labute approximate surface area is 851 Å². The molecular formula is C119H99F4N17O9. The number of carbonyl (C=O) groups is 1. The molecule has 0 amide bonds. The molecule has 0 bridgehead atoms. The zero-order valence-corrected chi connectivity index (χ0v) is 81.6. The quantitative estimate of drug-likeness (QED) is 0.0245. The van der Waals surface area contributed by atoms with Gasteiger partial charge >= 0.3 is 0 Å². The number of ether oxygens (including phenoxy) is 2. The molecule has 10 aromatic heterocycles. The van der Waals surface area contributed by atoms with Gasteiger partial charge in [0.25, 0.3) is 5.88 Å². The Morgan fingerprint density at radius 1 is 0.376 bits per heavy atom. The van der Waals surface area contributed by atoms with Crippen molar-refractivity contribution in [2.24, 2.45) is 0 Å². The molecule has 1 unspecified atom stereocenters. The van der Waals surface area contributed by atoms with Gasteiger partial charge in [0.2, 0.25) is 0 Å². The summed E-state index contributed by atoms with van der Waals surface area (Å²) >= 11 is 0. The van der Waals surface area contributed by atoms with E-state index in [1.807, 2.05) is 332 Å². The van der Waals surface area contributed by atoms with Crippen LogP contribution in [0.1, 0.15) is 53.7 Å². The minimum atomic E-state index is -1.09. The number of carbonyl (C=O) groups excluding carboxylic acids is 1. The lowest BCUT2D eigenvalue weighted by Gasteiger charge is -2.31. The van der Waals surface area contributed by atoms with Crippen LogP contribution in [0.5, 0.6) is 11.6 Å². The molecular weight excluding hydrogens is 1890 g/mol. The van der Waals surface area contributed by atoms with Crippen LogP contribution in [0.4, 0.5) is 80.8 Å². The normalized spacial score (nSPS) is 11.7. The largest absolute Gasteiger partial charge is 0.496 e. The van der Waals surface area contributed by atoms with Crippen molar-refractivity contribution in [3.63, 3.8) is 0 Å². The molecule has 22 rings (SSSR count). The number of nitrogens with one attached hydrogen (secondary N) is 6. The molecule has 0 spiro atoms. The number of pyridine rings is 10. The lowest BCUT2D eigenvalue weighted by atomic mass is 10.0. The molecule has 0 saturated carbocycles. The summed E-state index contributed by atoms with van der Waals surface area (Å²) < 4.78 is 77.8. The predicted octanol–water partition coefficient (Wildman–Crippen LogP) is 23.6. The first kappa shape index (κ1) is 100. The first-order chi connectivity index (χ1) is 72.6. The lowest BCUT2D eigenvalue weighted by molar-refractivity contribution is 0.101. The van der Waals surface area contributed by atoms with Gasteiger partial charge in [-0.1, -0.05) is 201 Å². The number of aliphatic hydroxyl groups is 1. The van der Waals surface area contributed by atoms with Gasteiger partial charge < -0.3 is 51.4 Å². The van der Waals surface area contributed by atoms with Crippen LogP contribution in [-0.4, -0.2) is 99.0 Å². The van der Waals surface area contributed by atoms with Crippen molar-refractivity contribution in [3.8, 4) is 51.2 Å². The summed E-state index contributed by atoms with van der Waals surface area (Å²) in [5.41, 5.74) is 11.4. The highest BCUT2D eigenvalue weighted by Gasteiger charge is 2.29. The summed E-state index contributed by atoms with van der Waals surface area (Å²) in [6.45, 7) is 10.4. The van der Waals surface area contributed by atoms with E-state index in [0.29, 0.717) is 68.2 Å². The van der Waals surface area contributed by atoms with Crippen molar-refractivity contribution < 1.29 is 36.9 Å². The molecule has 1 aliphatic rings. The topological polar surface area (TPSA) is 306 Å². The second-order valence-electron chi connectivity index (χ2n) is 34.6. The van der Waals surface area contributed by atoms with Crippen LogP contribution in [0.3, 0.4) is 0 Å². The van der Waals surface area contributed by atoms with Crippen LogP contribution < -0.4 is 73.4 Å². The van der Waals surface area contributed by atoms with Gasteiger partial charge in [0.05, 0.1) is 65.5 Å². The van der Waals surface area contributed by atoms with Gasteiger partial charge in [0, 0.05) is 142 Å². The van der Waals surface area contributed by atoms with Crippen molar-refractivity contribution in [2.75, 3.05) is 71.9 Å². The minimum Gasteiger partial charge on any atom is -0.496 e. The van der Waals surface area contributed by atoms with Gasteiger partial charge in [0.15, 0.2) is 72.8 Å². The second-order valence-corrected chi connectivity index (χ2v) is 34.6. The van der Waals surface area contributed by atoms with E-state index < -0.39 is 51.4 Å². The van der Waals surface area contributed by atoms with Gasteiger partial charge in [-0.3, -0.25) is 51.6 Å². The third-order valence-corrected chi connectivity index (χ3v) is 24.6. The van der Waals surface area contributed by atoms with Gasteiger partial charge in [0.1, 0.15) is 51.9 Å². The van der Waals surface area contributed by atoms with Crippen LogP contribution in [0.25, 0.3) is 94.7 Å². The summed E-state index contributed by atoms with van der Waals surface area (Å²) in [6.07, 6.45) is 1.22. The highest BCUT2D eigenvalue weighted by molar-refractivity contribution is 6.06. The zero-order valence-electron chi connectivity index (χ0n) is 81.6. The number of rotatable bonds is 22. The molecule has 21 aromatic rings. The average Bonchev–Trinajstić information content (AvgIpc) is 0.732. The van der Waals surface area contributed by atoms with Gasteiger partial charge in [-0.05, 0) is 172 Å². The Morgan fingerprint density at radius 2 is 0.691 bits per heavy atom. The number of nitrogens with zero attached hydrogens (tertiary/aromatic N) is 11. The average molecular weight is 1990 g/mol. The maximum Gasteiger partial charge on any atom is 0.252 e. The molecule has 1 atom stereocenters. The molecule has 1 aliphatic heterocycles. The smallest absolute Gasteiger partial charge is 0.252 e. The molecule has 7 N–H and O–H groups in total. The zero-order chi connectivity index (χ0) is 104. The fraction of sp³-hybridized carbons (Fsp3) is 0.101. The summed E-state index contributed by atoms with van der Waals surface area (Å²) in [6, 6.07) is 112. The van der Waals surface area contributed by atoms with Crippen LogP contribution in [0, 0.1) is 37.1 Å². The van der Waals surface area contributed by atoms with E-state index in [2.05, 4.69) is 56.7 Å². The highest BCUT2D eigenvalue weighted by atomic mass is 19.1. The molecule has 26 nitrogen and oxygen atoms in total. The molecule has 11 aromatic carbocycles. The Hall–Kier alpha value is -19.1. The van der Waals surface area contributed by atoms with Gasteiger partial charge in [-0.25, -0.2) is 37.5 Å². The third kappa shape index (κ3) is 22.0. The van der Waals surface area contributed by atoms with E-state index in [1.54, 1.807) is 45.9 Å². The molecule has 742 valence electrons. The van der Waals surface area contributed by atoms with E-state index in [0.717, 1.165) is 107 Å². The van der Waals surface area contributed by atoms with E-state index in [9.17, 15) is 47.0 Å². The summed E-state index contributed by atoms with van der Waals surface area (Å²) in [4.78, 5) is 102. The third-order valence-electron chi connectivity index (χ3n) is 24.6. The highest BCUT2D eigenvalue weighted by Crippen LogP contribution is 2.40. The van der Waals surface area contributed by atoms with Crippen LogP contribution in [0.2, 0.25) is 0 Å². The number of Topliss-reactive ketones (excluding diaryl/α,β-unsaturated/α-hetero) is 1. The monoisotopic (exact) mass is 1990 g/mol. The predicted molar refractivity (Wildman–Crippen MR) is 584 cm³/mol. The van der Waals surface area contributed by atoms with Crippen molar-refractivity contribution in [2.45, 2.75) is 40.2 Å². The standard InChI is InChI=1S/C27H19F2N3O2.C25H25N5O.C23H20FN3O2.C22H16FN3O2.C22H19N3O2/c1-34-27-25(29)23(17-12-14-18(28)15-13-17)24-21(33)16-22(30-19-8-4-2-5-9-19)32(26(24)31-27)20-10-6-3-7-11-20;1-18-16-21(29-14-12-26-13-15-29)24-22(31)17-23(28-19-8-4-2-5-9-19)30(25(24)27-18)20-10-6-3-7-11-20;1-2-18(28)21-17(24)14-25-23-22(21)19(29)13-20(26-15-9-5-3-6-10-15)27(23)16-11-7-4-8-12-16;1-14(27)20-17(23)13-24-22-21(20)18(28)12-19(25-15-8-4-2-5-9-15)26(22)16-10-6-3-7-11-16;1-15-13-19(27-2)21-18(26)14-20(24-16-9-5-3-6-10-16)25(22(21)23-15)17-11-7-4-8-12-17/h2-16,30H,1H3;2-11,16-17,26,28H,12-15H2,1H3;3-14,18,26,28H,2H2,1H3;2-13,25H,1H3;3-14,24H,1-2H3. The first-order valence-corrected chi connectivity index (χ1v) is 47.9. The fourth-order valence-electron chi connectivity index (χ4n) is 17.9. The van der Waals surface area contributed by atoms with Gasteiger partial charge in [-0.15, -0.1) is 0 Å². The SMILES string of the molecule is CC(=O)c1c(F)cnc2c1c(=O)cc(Nc1ccccc1)n2-c1ccccc1.CCC(O)c1c(F)cnc2c1c(=O)cc(Nc1ccccc1)n2-c1ccccc1.COc1cc(C)nc2c1c(=O)cc(Nc1ccccc1)n2-c1ccccc1.COc1nc2c(c(-c3ccc(F)cc3)c1F)c(=O)cc(Nc1ccccc1)n2-c1ccccc1.Cc1cc(N2CCNCC2)c2c(=O)cc(Nc3ccccc3)n(-c3ccccc3)c2n1. The van der Waals surface area contributed by atoms with E-state index in [4.69, 9.17) is 14.5 Å². The molecule has 0 aliphatic carbocycles. The Kier molecular flexibility index (Phi) is 30.7. The summed E-state index contributed by atoms with van der Waals surface area (Å²) in [5.74, 6) is -0.276. The minimum absolute atomic E-state index is 0.00259. The maximum atomic E-state index is 15.5. The Bertz CT molecular complexity index is 8760. The van der Waals surface area contributed by atoms with Crippen molar-refractivity contribution >= 4 is 124 Å². The number of para-hydroxylation sites is 10. The van der Waals surface area contributed by atoms with Crippen molar-refractivity contribution in [1.29, 1.82) is 0 Å². The second kappa shape index (κ2) is 45.7. The Balaban J connectivity index is 0.000000122. The lowest BCUT2D eigenvalue weighted by Crippen LogP contribution is -2.44. The number of hydrogen-bond donors (Lipinski definition) is 7. The fourth-order valence-corrected chi connectivity index (χ4v) is 17.9. The molecule has 30 heteroatoms. The number of piperazine rings is 1. The number of fused-ring (bicyclic) bond motifs is 5. The number of aryl methyl sites for hydroxylation is 2. The molecule has 0 radical (unpaired) electrons. The number of aliphatic hydroxyl groups excluding tert-OH is 1. The number of halogens is 4. The molecule has 11 heterocycles. The molecule has 1 fully saturated rings. The number of aromatic nitrogens is 10. The van der Waals surface area contributed by atoms with E-state index >= 15 is 4.39 Å².